The van der Waals surface area contributed by atoms with Crippen molar-refractivity contribution in [2.45, 2.75) is 40.0 Å². The van der Waals surface area contributed by atoms with Crippen molar-refractivity contribution in [3.8, 4) is 11.6 Å². The molecule has 8 heteroatoms. The summed E-state index contributed by atoms with van der Waals surface area (Å²) in [6, 6.07) is 9.09. The number of aryl methyl sites for hydroxylation is 1. The monoisotopic (exact) mass is 422 g/mol. The average molecular weight is 423 g/mol. The predicted octanol–water partition coefficient (Wildman–Crippen LogP) is 3.69. The lowest BCUT2D eigenvalue weighted by Crippen LogP contribution is -2.28. The molecule has 2 N–H and O–H groups in total. The fourth-order valence-electron chi connectivity index (χ4n) is 3.02. The number of ether oxygens (including phenoxy) is 1. The third kappa shape index (κ3) is 6.28. The highest BCUT2D eigenvalue weighted by molar-refractivity contribution is 5.94. The Kier molecular flexibility index (Phi) is 7.98. The summed E-state index contributed by atoms with van der Waals surface area (Å²) in [6.07, 6.45) is 6.63. The van der Waals surface area contributed by atoms with E-state index in [0.717, 1.165) is 35.8 Å². The summed E-state index contributed by atoms with van der Waals surface area (Å²) in [5.41, 5.74) is 2.61. The molecule has 2 aromatic heterocycles. The number of carbonyl (C=O) groups is 1. The van der Waals surface area contributed by atoms with Gasteiger partial charge >= 0.3 is 0 Å². The lowest BCUT2D eigenvalue weighted by molar-refractivity contribution is 0.0955. The van der Waals surface area contributed by atoms with Gasteiger partial charge in [0.2, 0.25) is 0 Å². The zero-order valence-corrected chi connectivity index (χ0v) is 18.4. The second kappa shape index (κ2) is 11.1. The number of hydrogen-bond acceptors (Lipinski definition) is 6. The molecule has 8 nitrogen and oxygen atoms in total. The molecule has 0 saturated heterocycles. The SMILES string of the molecule is CCCCCOc1ccc(C(=O)NCCNc2cc(-n3cnc(C)c3C)ncn2)cc1. The van der Waals surface area contributed by atoms with Crippen LogP contribution in [0.5, 0.6) is 5.75 Å². The van der Waals surface area contributed by atoms with Crippen LogP contribution in [0.15, 0.2) is 43.0 Å². The zero-order chi connectivity index (χ0) is 22.1. The van der Waals surface area contributed by atoms with Gasteiger partial charge in [-0.25, -0.2) is 15.0 Å². The normalized spacial score (nSPS) is 10.7. The first-order valence-corrected chi connectivity index (χ1v) is 10.7. The predicted molar refractivity (Wildman–Crippen MR) is 121 cm³/mol. The second-order valence-electron chi connectivity index (χ2n) is 7.31. The lowest BCUT2D eigenvalue weighted by atomic mass is 10.2. The first-order valence-electron chi connectivity index (χ1n) is 10.7. The zero-order valence-electron chi connectivity index (χ0n) is 18.4. The van der Waals surface area contributed by atoms with Crippen molar-refractivity contribution in [3.63, 3.8) is 0 Å². The highest BCUT2D eigenvalue weighted by Gasteiger charge is 2.08. The van der Waals surface area contributed by atoms with E-state index in [-0.39, 0.29) is 5.91 Å². The maximum atomic E-state index is 12.3. The molecular weight excluding hydrogens is 392 g/mol. The number of rotatable bonds is 11. The van der Waals surface area contributed by atoms with Crippen LogP contribution in [0.3, 0.4) is 0 Å². The maximum absolute atomic E-state index is 12.3. The van der Waals surface area contributed by atoms with Crippen molar-refractivity contribution in [1.29, 1.82) is 0 Å². The molecule has 0 bridgehead atoms. The van der Waals surface area contributed by atoms with Crippen LogP contribution in [0.2, 0.25) is 0 Å². The summed E-state index contributed by atoms with van der Waals surface area (Å²) in [5, 5.41) is 6.12. The molecule has 0 atom stereocenters. The van der Waals surface area contributed by atoms with Crippen LogP contribution in [0.1, 0.15) is 47.9 Å². The molecule has 0 unspecified atom stereocenters. The minimum absolute atomic E-state index is 0.118. The van der Waals surface area contributed by atoms with Gasteiger partial charge in [-0.15, -0.1) is 0 Å². The topological polar surface area (TPSA) is 94.0 Å². The number of unbranched alkanes of at least 4 members (excludes halogenated alkanes) is 2. The second-order valence-corrected chi connectivity index (χ2v) is 7.31. The van der Waals surface area contributed by atoms with Gasteiger partial charge in [-0.2, -0.15) is 0 Å². The summed E-state index contributed by atoms with van der Waals surface area (Å²) < 4.78 is 7.60. The van der Waals surface area contributed by atoms with Crippen LogP contribution >= 0.6 is 0 Å². The van der Waals surface area contributed by atoms with E-state index in [1.165, 1.54) is 12.7 Å². The Morgan fingerprint density at radius 1 is 1.06 bits per heavy atom. The first kappa shape index (κ1) is 22.3. The summed E-state index contributed by atoms with van der Waals surface area (Å²) in [4.78, 5) is 25.2. The molecule has 31 heavy (non-hydrogen) atoms. The molecule has 0 saturated carbocycles. The summed E-state index contributed by atoms with van der Waals surface area (Å²) >= 11 is 0. The van der Waals surface area contributed by atoms with Gasteiger partial charge in [0.05, 0.1) is 12.3 Å². The molecule has 0 radical (unpaired) electrons. The molecule has 0 aliphatic carbocycles. The molecule has 2 heterocycles. The molecule has 0 aliphatic rings. The Morgan fingerprint density at radius 2 is 1.87 bits per heavy atom. The van der Waals surface area contributed by atoms with E-state index < -0.39 is 0 Å². The number of carbonyl (C=O) groups excluding carboxylic acids is 1. The van der Waals surface area contributed by atoms with Crippen molar-refractivity contribution in [2.24, 2.45) is 0 Å². The Hall–Kier alpha value is -3.42. The Bertz CT molecular complexity index is 984. The molecule has 0 aliphatic heterocycles. The van der Waals surface area contributed by atoms with Crippen molar-refractivity contribution < 1.29 is 9.53 Å². The van der Waals surface area contributed by atoms with Crippen LogP contribution < -0.4 is 15.4 Å². The molecule has 0 spiro atoms. The van der Waals surface area contributed by atoms with E-state index >= 15 is 0 Å². The van der Waals surface area contributed by atoms with Gasteiger partial charge in [-0.3, -0.25) is 9.36 Å². The molecule has 1 amide bonds. The third-order valence-electron chi connectivity index (χ3n) is 5.00. The van der Waals surface area contributed by atoms with Crippen molar-refractivity contribution >= 4 is 11.7 Å². The van der Waals surface area contributed by atoms with E-state index in [2.05, 4.69) is 32.5 Å². The number of hydrogen-bond donors (Lipinski definition) is 2. The van der Waals surface area contributed by atoms with Crippen LogP contribution in [0.25, 0.3) is 5.82 Å². The molecule has 164 valence electrons. The average Bonchev–Trinajstić information content (AvgIpc) is 3.13. The third-order valence-corrected chi connectivity index (χ3v) is 5.00. The van der Waals surface area contributed by atoms with Crippen molar-refractivity contribution in [2.75, 3.05) is 25.0 Å². The highest BCUT2D eigenvalue weighted by atomic mass is 16.5. The molecule has 0 fully saturated rings. The number of nitrogens with one attached hydrogen (secondary N) is 2. The number of benzene rings is 1. The van der Waals surface area contributed by atoms with E-state index in [0.29, 0.717) is 31.1 Å². The van der Waals surface area contributed by atoms with E-state index in [9.17, 15) is 4.79 Å². The van der Waals surface area contributed by atoms with Crippen LogP contribution in [0.4, 0.5) is 5.82 Å². The van der Waals surface area contributed by atoms with Crippen LogP contribution in [-0.2, 0) is 0 Å². The van der Waals surface area contributed by atoms with E-state index in [1.54, 1.807) is 18.5 Å². The first-order chi connectivity index (χ1) is 15.1. The maximum Gasteiger partial charge on any atom is 0.251 e. The Balaban J connectivity index is 1.44. The quantitative estimate of drug-likeness (QED) is 0.458. The van der Waals surface area contributed by atoms with Crippen LogP contribution in [0, 0.1) is 13.8 Å². The number of aromatic nitrogens is 4. The number of imidazole rings is 1. The lowest BCUT2D eigenvalue weighted by Gasteiger charge is -2.10. The van der Waals surface area contributed by atoms with Crippen molar-refractivity contribution in [1.82, 2.24) is 24.8 Å². The smallest absolute Gasteiger partial charge is 0.251 e. The van der Waals surface area contributed by atoms with Gasteiger partial charge in [0.25, 0.3) is 5.91 Å². The minimum Gasteiger partial charge on any atom is -0.494 e. The molecule has 3 rings (SSSR count). The van der Waals surface area contributed by atoms with Crippen LogP contribution in [-0.4, -0.2) is 45.1 Å². The molecule has 1 aromatic carbocycles. The largest absolute Gasteiger partial charge is 0.494 e. The Labute approximate surface area is 183 Å². The van der Waals surface area contributed by atoms with E-state index in [4.69, 9.17) is 4.74 Å². The summed E-state index contributed by atoms with van der Waals surface area (Å²) in [7, 11) is 0. The molecule has 3 aromatic rings. The minimum atomic E-state index is -0.118. The molecular formula is C23H30N6O2. The van der Waals surface area contributed by atoms with Crippen molar-refractivity contribution in [3.05, 3.63) is 59.9 Å². The number of nitrogens with zero attached hydrogens (tertiary/aromatic N) is 4. The fourth-order valence-corrected chi connectivity index (χ4v) is 3.02. The fraction of sp³-hybridized carbons (Fsp3) is 0.391. The Morgan fingerprint density at radius 3 is 2.58 bits per heavy atom. The summed E-state index contributed by atoms with van der Waals surface area (Å²) in [6.45, 7) is 7.84. The number of anilines is 1. The highest BCUT2D eigenvalue weighted by Crippen LogP contribution is 2.14. The van der Waals surface area contributed by atoms with Gasteiger partial charge in [-0.1, -0.05) is 19.8 Å². The van der Waals surface area contributed by atoms with Gasteiger partial charge in [-0.05, 0) is 44.5 Å². The van der Waals surface area contributed by atoms with Gasteiger partial charge in [0.15, 0.2) is 0 Å². The standard InChI is InChI=1S/C23H30N6O2/c1-4-5-6-13-31-20-9-7-19(8-10-20)23(30)25-12-11-24-21-14-22(27-15-26-21)29-16-28-17(2)18(29)3/h7-10,14-16H,4-6,11-13H2,1-3H3,(H,25,30)(H,24,26,27). The van der Waals surface area contributed by atoms with Gasteiger partial charge in [0, 0.05) is 30.4 Å². The van der Waals surface area contributed by atoms with E-state index in [1.807, 2.05) is 36.6 Å². The number of amides is 1. The van der Waals surface area contributed by atoms with Gasteiger partial charge in [0.1, 0.15) is 30.0 Å². The van der Waals surface area contributed by atoms with Gasteiger partial charge < -0.3 is 15.4 Å². The summed E-state index contributed by atoms with van der Waals surface area (Å²) in [5.74, 6) is 2.11.